The molecule has 4 nitrogen and oxygen atoms in total. The van der Waals surface area contributed by atoms with E-state index in [4.69, 9.17) is 4.74 Å². The maximum atomic E-state index is 13.2. The van der Waals surface area contributed by atoms with Crippen molar-refractivity contribution in [3.05, 3.63) is 12.0 Å². The minimum Gasteiger partial charge on any atom is -0.479 e. The van der Waals surface area contributed by atoms with Crippen molar-refractivity contribution in [2.75, 3.05) is 19.0 Å². The van der Waals surface area contributed by atoms with Crippen LogP contribution in [0.1, 0.15) is 39.5 Å². The summed E-state index contributed by atoms with van der Waals surface area (Å²) in [6.45, 7) is 5.34. The van der Waals surface area contributed by atoms with E-state index in [0.717, 1.165) is 12.7 Å². The van der Waals surface area contributed by atoms with Crippen LogP contribution in [-0.2, 0) is 0 Å². The van der Waals surface area contributed by atoms with Crippen molar-refractivity contribution in [1.29, 1.82) is 0 Å². The summed E-state index contributed by atoms with van der Waals surface area (Å²) >= 11 is 0. The average molecular weight is 267 g/mol. The second-order valence-corrected chi connectivity index (χ2v) is 5.86. The highest BCUT2D eigenvalue weighted by molar-refractivity contribution is 5.29. The summed E-state index contributed by atoms with van der Waals surface area (Å²) in [5.74, 6) is 0.580. The van der Waals surface area contributed by atoms with E-state index in [1.165, 1.54) is 32.8 Å². The number of anilines is 1. The van der Waals surface area contributed by atoms with Crippen molar-refractivity contribution in [3.63, 3.8) is 0 Å². The number of nitrogens with zero attached hydrogens (tertiary/aromatic N) is 2. The van der Waals surface area contributed by atoms with Gasteiger partial charge in [-0.25, -0.2) is 4.98 Å². The fourth-order valence-electron chi connectivity index (χ4n) is 2.84. The highest BCUT2D eigenvalue weighted by Gasteiger charge is 2.37. The van der Waals surface area contributed by atoms with Crippen LogP contribution in [0.25, 0.3) is 0 Å². The van der Waals surface area contributed by atoms with Gasteiger partial charge in [0, 0.05) is 6.54 Å². The Morgan fingerprint density at radius 3 is 2.74 bits per heavy atom. The third-order valence-corrected chi connectivity index (χ3v) is 3.78. The standard InChI is InChI=1S/C14H22FN3O/c1-10(2)7-14(5-4-6-14)9-17-13-16-8-11(15)12(18-13)19-3/h8,10H,4-7,9H2,1-3H3,(H,16,17,18). The first-order valence-electron chi connectivity index (χ1n) is 6.85. The average Bonchev–Trinajstić information content (AvgIpc) is 2.33. The van der Waals surface area contributed by atoms with Crippen molar-refractivity contribution in [2.24, 2.45) is 11.3 Å². The van der Waals surface area contributed by atoms with Crippen LogP contribution in [0.5, 0.6) is 5.88 Å². The molecule has 0 radical (unpaired) electrons. The van der Waals surface area contributed by atoms with Crippen LogP contribution in [0.4, 0.5) is 10.3 Å². The third-order valence-electron chi connectivity index (χ3n) is 3.78. The maximum absolute atomic E-state index is 13.2. The quantitative estimate of drug-likeness (QED) is 0.859. The highest BCUT2D eigenvalue weighted by atomic mass is 19.1. The molecule has 1 aliphatic rings. The monoisotopic (exact) mass is 267 g/mol. The number of nitrogens with one attached hydrogen (secondary N) is 1. The predicted molar refractivity (Wildman–Crippen MR) is 72.8 cm³/mol. The number of aromatic nitrogens is 2. The molecule has 0 saturated heterocycles. The van der Waals surface area contributed by atoms with Gasteiger partial charge in [-0.15, -0.1) is 0 Å². The van der Waals surface area contributed by atoms with Crippen LogP contribution >= 0.6 is 0 Å². The molecule has 1 aliphatic carbocycles. The number of ether oxygens (including phenoxy) is 1. The molecule has 0 aromatic carbocycles. The lowest BCUT2D eigenvalue weighted by atomic mass is 9.64. The molecule has 0 bridgehead atoms. The fourth-order valence-corrected chi connectivity index (χ4v) is 2.84. The lowest BCUT2D eigenvalue weighted by Gasteiger charge is -2.43. The van der Waals surface area contributed by atoms with Crippen molar-refractivity contribution >= 4 is 5.95 Å². The first kappa shape index (κ1) is 14.0. The van der Waals surface area contributed by atoms with Crippen LogP contribution in [0.15, 0.2) is 6.20 Å². The zero-order valence-electron chi connectivity index (χ0n) is 11.9. The highest BCUT2D eigenvalue weighted by Crippen LogP contribution is 2.45. The number of hydrogen-bond donors (Lipinski definition) is 1. The molecule has 0 amide bonds. The largest absolute Gasteiger partial charge is 0.479 e. The first-order valence-corrected chi connectivity index (χ1v) is 6.85. The van der Waals surface area contributed by atoms with E-state index in [0.29, 0.717) is 17.3 Å². The molecule has 106 valence electrons. The summed E-state index contributed by atoms with van der Waals surface area (Å²) in [5, 5.41) is 3.23. The Hall–Kier alpha value is -1.39. The van der Waals surface area contributed by atoms with Gasteiger partial charge in [0.2, 0.25) is 11.8 Å². The van der Waals surface area contributed by atoms with Gasteiger partial charge in [0.1, 0.15) is 0 Å². The summed E-state index contributed by atoms with van der Waals surface area (Å²) in [4.78, 5) is 7.96. The molecule has 1 heterocycles. The van der Waals surface area contributed by atoms with Crippen molar-refractivity contribution in [3.8, 4) is 5.88 Å². The van der Waals surface area contributed by atoms with Gasteiger partial charge in [-0.2, -0.15) is 9.37 Å². The molecular weight excluding hydrogens is 245 g/mol. The lowest BCUT2D eigenvalue weighted by Crippen LogP contribution is -2.38. The zero-order chi connectivity index (χ0) is 13.9. The normalized spacial score (nSPS) is 17.1. The van der Waals surface area contributed by atoms with Crippen LogP contribution in [0, 0.1) is 17.2 Å². The number of halogens is 1. The summed E-state index contributed by atoms with van der Waals surface area (Å²) in [7, 11) is 1.40. The van der Waals surface area contributed by atoms with Gasteiger partial charge in [-0.1, -0.05) is 20.3 Å². The second-order valence-electron chi connectivity index (χ2n) is 5.86. The molecule has 0 spiro atoms. The van der Waals surface area contributed by atoms with Gasteiger partial charge in [0.15, 0.2) is 0 Å². The lowest BCUT2D eigenvalue weighted by molar-refractivity contribution is 0.116. The van der Waals surface area contributed by atoms with E-state index in [1.807, 2.05) is 0 Å². The van der Waals surface area contributed by atoms with Gasteiger partial charge in [-0.3, -0.25) is 0 Å². The minimum atomic E-state index is -0.534. The van der Waals surface area contributed by atoms with Gasteiger partial charge in [0.05, 0.1) is 13.3 Å². The van der Waals surface area contributed by atoms with E-state index >= 15 is 0 Å². The molecule has 0 aliphatic heterocycles. The van der Waals surface area contributed by atoms with Crippen LogP contribution in [0.2, 0.25) is 0 Å². The maximum Gasteiger partial charge on any atom is 0.255 e. The Balaban J connectivity index is 1.97. The summed E-state index contributed by atoms with van der Waals surface area (Å²) in [6.07, 6.45) is 6.14. The van der Waals surface area contributed by atoms with E-state index in [9.17, 15) is 4.39 Å². The van der Waals surface area contributed by atoms with Crippen molar-refractivity contribution < 1.29 is 9.13 Å². The molecule has 0 unspecified atom stereocenters. The van der Waals surface area contributed by atoms with Crippen molar-refractivity contribution in [2.45, 2.75) is 39.5 Å². The molecule has 0 atom stereocenters. The topological polar surface area (TPSA) is 47.0 Å². The first-order chi connectivity index (χ1) is 9.04. The van der Waals surface area contributed by atoms with Gasteiger partial charge >= 0.3 is 0 Å². The second kappa shape index (κ2) is 5.72. The predicted octanol–water partition coefficient (Wildman–Crippen LogP) is 3.25. The molecule has 5 heteroatoms. The Labute approximate surface area is 113 Å². The molecule has 1 aromatic rings. The SMILES string of the molecule is COc1nc(NCC2(CC(C)C)CCC2)ncc1F. The van der Waals surface area contributed by atoms with E-state index < -0.39 is 5.82 Å². The molecule has 1 N–H and O–H groups in total. The van der Waals surface area contributed by atoms with E-state index in [-0.39, 0.29) is 5.88 Å². The summed E-state index contributed by atoms with van der Waals surface area (Å²) < 4.78 is 18.1. The van der Waals surface area contributed by atoms with E-state index in [1.54, 1.807) is 0 Å². The minimum absolute atomic E-state index is 0.0102. The Bertz CT molecular complexity index is 433. The summed E-state index contributed by atoms with van der Waals surface area (Å²) in [6, 6.07) is 0. The fraction of sp³-hybridized carbons (Fsp3) is 0.714. The molecular formula is C14H22FN3O. The van der Waals surface area contributed by atoms with Gasteiger partial charge in [0.25, 0.3) is 5.88 Å². The molecule has 1 aromatic heterocycles. The van der Waals surface area contributed by atoms with Crippen LogP contribution in [-0.4, -0.2) is 23.6 Å². The van der Waals surface area contributed by atoms with Gasteiger partial charge in [-0.05, 0) is 30.6 Å². The molecule has 19 heavy (non-hydrogen) atoms. The van der Waals surface area contributed by atoms with Crippen molar-refractivity contribution in [1.82, 2.24) is 9.97 Å². The summed E-state index contributed by atoms with van der Waals surface area (Å²) in [5.41, 5.74) is 0.360. The Morgan fingerprint density at radius 1 is 1.47 bits per heavy atom. The Kier molecular flexibility index (Phi) is 4.22. The van der Waals surface area contributed by atoms with Crippen LogP contribution < -0.4 is 10.1 Å². The van der Waals surface area contributed by atoms with Gasteiger partial charge < -0.3 is 10.1 Å². The molecule has 2 rings (SSSR count). The molecule has 1 saturated carbocycles. The number of hydrogen-bond acceptors (Lipinski definition) is 4. The zero-order valence-corrected chi connectivity index (χ0v) is 11.9. The molecule has 1 fully saturated rings. The van der Waals surface area contributed by atoms with E-state index in [2.05, 4.69) is 29.1 Å². The van der Waals surface area contributed by atoms with Crippen LogP contribution in [0.3, 0.4) is 0 Å². The smallest absolute Gasteiger partial charge is 0.255 e. The number of rotatable bonds is 6. The Morgan fingerprint density at radius 2 is 2.21 bits per heavy atom. The number of methoxy groups -OCH3 is 1. The third kappa shape index (κ3) is 3.33.